The summed E-state index contributed by atoms with van der Waals surface area (Å²) < 4.78 is 13.3. The Hall–Kier alpha value is -2.57. The van der Waals surface area contributed by atoms with E-state index < -0.39 is 11.6 Å². The predicted molar refractivity (Wildman–Crippen MR) is 95.2 cm³/mol. The van der Waals surface area contributed by atoms with Crippen LogP contribution >= 0.6 is 0 Å². The van der Waals surface area contributed by atoms with E-state index in [0.29, 0.717) is 24.2 Å². The molecule has 138 valence electrons. The van der Waals surface area contributed by atoms with E-state index in [1.807, 2.05) is 37.3 Å². The minimum Gasteiger partial charge on any atom is -0.447 e. The summed E-state index contributed by atoms with van der Waals surface area (Å²) in [4.78, 5) is 17.0. The molecule has 0 spiro atoms. The van der Waals surface area contributed by atoms with E-state index in [4.69, 9.17) is 9.47 Å². The van der Waals surface area contributed by atoms with Crippen LogP contribution < -0.4 is 14.8 Å². The smallest absolute Gasteiger partial charge is 0.344 e. The van der Waals surface area contributed by atoms with Crippen molar-refractivity contribution >= 4 is 5.91 Å². The fourth-order valence-corrected chi connectivity index (χ4v) is 3.17. The van der Waals surface area contributed by atoms with Gasteiger partial charge in [-0.2, -0.15) is 0 Å². The molecule has 2 aromatic rings. The number of nitrogens with one attached hydrogen (secondary N) is 1. The molecule has 2 unspecified atom stereocenters. The van der Waals surface area contributed by atoms with Gasteiger partial charge in [-0.1, -0.05) is 32.0 Å². The van der Waals surface area contributed by atoms with Gasteiger partial charge in [0.05, 0.1) is 0 Å². The summed E-state index contributed by atoms with van der Waals surface area (Å²) >= 11 is 0. The third kappa shape index (κ3) is 2.91. The average molecular weight is 356 g/mol. The molecule has 1 saturated carbocycles. The molecule has 1 aromatic heterocycles. The van der Waals surface area contributed by atoms with Gasteiger partial charge in [0.2, 0.25) is 6.10 Å². The Kier molecular flexibility index (Phi) is 4.09. The molecule has 0 saturated heterocycles. The average Bonchev–Trinajstić information content (AvgIpc) is 3.30. The van der Waals surface area contributed by atoms with Crippen LogP contribution in [0, 0.1) is 11.8 Å². The first-order valence-corrected chi connectivity index (χ1v) is 9.13. The van der Waals surface area contributed by atoms with E-state index in [2.05, 4.69) is 29.2 Å². The first-order valence-electron chi connectivity index (χ1n) is 9.13. The molecule has 2 aliphatic rings. The molecular weight excluding hydrogens is 332 g/mol. The van der Waals surface area contributed by atoms with Crippen molar-refractivity contribution in [3.05, 3.63) is 30.3 Å². The van der Waals surface area contributed by atoms with Crippen LogP contribution in [0.4, 0.5) is 0 Å². The molecule has 0 bridgehead atoms. The molecule has 1 N–H and O–H groups in total. The first-order chi connectivity index (χ1) is 12.5. The summed E-state index contributed by atoms with van der Waals surface area (Å²) in [6.45, 7) is 6.81. The second kappa shape index (κ2) is 6.30. The van der Waals surface area contributed by atoms with Crippen molar-refractivity contribution in [3.63, 3.8) is 0 Å². The summed E-state index contributed by atoms with van der Waals surface area (Å²) in [7, 11) is 0. The topological polar surface area (TPSA) is 78.3 Å². The van der Waals surface area contributed by atoms with E-state index in [1.54, 1.807) is 4.68 Å². The number of rotatable bonds is 6. The van der Waals surface area contributed by atoms with Crippen molar-refractivity contribution in [1.29, 1.82) is 0 Å². The molecule has 0 radical (unpaired) electrons. The van der Waals surface area contributed by atoms with Crippen LogP contribution in [0.15, 0.2) is 30.3 Å². The van der Waals surface area contributed by atoms with Crippen molar-refractivity contribution in [1.82, 2.24) is 20.1 Å². The number of amides is 1. The van der Waals surface area contributed by atoms with Crippen LogP contribution in [-0.4, -0.2) is 33.3 Å². The maximum Gasteiger partial charge on any atom is 0.344 e. The number of hydrogen-bond donors (Lipinski definition) is 1. The zero-order chi connectivity index (χ0) is 18.3. The van der Waals surface area contributed by atoms with Gasteiger partial charge in [0.25, 0.3) is 5.91 Å². The summed E-state index contributed by atoms with van der Waals surface area (Å²) in [6.07, 6.45) is 1.73. The normalized spacial score (nSPS) is 24.2. The van der Waals surface area contributed by atoms with Crippen molar-refractivity contribution < 1.29 is 14.3 Å². The SMILES string of the molecule is CC(C)C1(C)C(C(=O)NCC2CC2)Oc2nc(Oc3ccccc3)nn21. The van der Waals surface area contributed by atoms with Crippen LogP contribution in [0.25, 0.3) is 0 Å². The Morgan fingerprint density at radius 3 is 2.77 bits per heavy atom. The van der Waals surface area contributed by atoms with Crippen LogP contribution in [0.3, 0.4) is 0 Å². The minimum atomic E-state index is -0.651. The molecule has 1 aliphatic heterocycles. The second-order valence-corrected chi connectivity index (χ2v) is 7.57. The molecule has 1 aliphatic carbocycles. The zero-order valence-corrected chi connectivity index (χ0v) is 15.3. The van der Waals surface area contributed by atoms with Gasteiger partial charge < -0.3 is 14.8 Å². The summed E-state index contributed by atoms with van der Waals surface area (Å²) in [5, 5.41) is 7.49. The second-order valence-electron chi connectivity index (χ2n) is 7.57. The molecule has 1 aromatic carbocycles. The van der Waals surface area contributed by atoms with E-state index in [1.165, 1.54) is 12.8 Å². The van der Waals surface area contributed by atoms with Gasteiger partial charge in [0.15, 0.2) is 0 Å². The van der Waals surface area contributed by atoms with Crippen molar-refractivity contribution in [2.24, 2.45) is 11.8 Å². The van der Waals surface area contributed by atoms with E-state index in [0.717, 1.165) is 0 Å². The standard InChI is InChI=1S/C19H24N4O3/c1-12(2)19(3)15(16(24)20-11-13-9-10-13)26-18-21-17(22-23(18)19)25-14-7-5-4-6-8-14/h4-8,12-13,15H,9-11H2,1-3H3,(H,20,24). The highest BCUT2D eigenvalue weighted by Crippen LogP contribution is 2.41. The monoisotopic (exact) mass is 356 g/mol. The Morgan fingerprint density at radius 1 is 1.38 bits per heavy atom. The predicted octanol–water partition coefficient (Wildman–Crippen LogP) is 2.73. The number of para-hydroxylation sites is 1. The lowest BCUT2D eigenvalue weighted by atomic mass is 9.83. The molecule has 7 nitrogen and oxygen atoms in total. The lowest BCUT2D eigenvalue weighted by Crippen LogP contribution is -2.53. The van der Waals surface area contributed by atoms with Gasteiger partial charge in [-0.05, 0) is 43.7 Å². The quantitative estimate of drug-likeness (QED) is 0.861. The number of aromatic nitrogens is 3. The van der Waals surface area contributed by atoms with Gasteiger partial charge in [-0.15, -0.1) is 10.1 Å². The Morgan fingerprint density at radius 2 is 2.12 bits per heavy atom. The van der Waals surface area contributed by atoms with Gasteiger partial charge in [0.1, 0.15) is 11.3 Å². The van der Waals surface area contributed by atoms with E-state index in [9.17, 15) is 4.79 Å². The fourth-order valence-electron chi connectivity index (χ4n) is 3.17. The zero-order valence-electron chi connectivity index (χ0n) is 15.3. The third-order valence-electron chi connectivity index (χ3n) is 5.39. The molecule has 26 heavy (non-hydrogen) atoms. The highest BCUT2D eigenvalue weighted by Gasteiger charge is 2.53. The number of carbonyl (C=O) groups excluding carboxylic acids is 1. The maximum atomic E-state index is 12.7. The molecule has 2 heterocycles. The highest BCUT2D eigenvalue weighted by molar-refractivity contribution is 5.83. The maximum absolute atomic E-state index is 12.7. The number of nitrogens with zero attached hydrogens (tertiary/aromatic N) is 3. The molecule has 2 atom stereocenters. The number of carbonyl (C=O) groups is 1. The number of fused-ring (bicyclic) bond motifs is 1. The molecule has 1 fully saturated rings. The van der Waals surface area contributed by atoms with E-state index >= 15 is 0 Å². The Bertz CT molecular complexity index is 800. The van der Waals surface area contributed by atoms with Crippen LogP contribution in [-0.2, 0) is 10.3 Å². The molecule has 7 heteroatoms. The molecule has 1 amide bonds. The summed E-state index contributed by atoms with van der Waals surface area (Å²) in [5.41, 5.74) is -0.631. The molecule has 4 rings (SSSR count). The van der Waals surface area contributed by atoms with Gasteiger partial charge in [-0.25, -0.2) is 4.68 Å². The van der Waals surface area contributed by atoms with Crippen molar-refractivity contribution in [3.8, 4) is 17.8 Å². The van der Waals surface area contributed by atoms with Gasteiger partial charge in [-0.3, -0.25) is 4.79 Å². The Balaban J connectivity index is 1.56. The number of ether oxygens (including phenoxy) is 2. The van der Waals surface area contributed by atoms with Gasteiger partial charge >= 0.3 is 12.0 Å². The van der Waals surface area contributed by atoms with Crippen molar-refractivity contribution in [2.75, 3.05) is 6.54 Å². The number of hydrogen-bond acceptors (Lipinski definition) is 5. The summed E-state index contributed by atoms with van der Waals surface area (Å²) in [6, 6.07) is 9.89. The largest absolute Gasteiger partial charge is 0.447 e. The van der Waals surface area contributed by atoms with Crippen molar-refractivity contribution in [2.45, 2.75) is 45.3 Å². The van der Waals surface area contributed by atoms with E-state index in [-0.39, 0.29) is 17.8 Å². The highest BCUT2D eigenvalue weighted by atomic mass is 16.5. The minimum absolute atomic E-state index is 0.106. The lowest BCUT2D eigenvalue weighted by Gasteiger charge is -2.32. The Labute approximate surface area is 152 Å². The first kappa shape index (κ1) is 16.9. The van der Waals surface area contributed by atoms with Gasteiger partial charge in [0, 0.05) is 6.54 Å². The lowest BCUT2D eigenvalue weighted by molar-refractivity contribution is -0.131. The van der Waals surface area contributed by atoms with Crippen LogP contribution in [0.2, 0.25) is 0 Å². The number of benzene rings is 1. The fraction of sp³-hybridized carbons (Fsp3) is 0.526. The van der Waals surface area contributed by atoms with Crippen LogP contribution in [0.1, 0.15) is 33.6 Å². The summed E-state index contributed by atoms with van der Waals surface area (Å²) in [5.74, 6) is 1.28. The third-order valence-corrected chi connectivity index (χ3v) is 5.39. The molecular formula is C19H24N4O3. The van der Waals surface area contributed by atoms with Crippen LogP contribution in [0.5, 0.6) is 17.8 Å².